The number of nitrogens with zero attached hydrogens (tertiary/aromatic N) is 2. The zero-order valence-corrected chi connectivity index (χ0v) is 12.9. The summed E-state index contributed by atoms with van der Waals surface area (Å²) in [5.74, 6) is 1.12. The molecule has 0 bridgehead atoms. The number of rotatable bonds is 3. The number of aromatic nitrogens is 1. The maximum absolute atomic E-state index is 5.62. The molecule has 2 aromatic heterocycles. The van der Waals surface area contributed by atoms with Crippen LogP contribution >= 0.6 is 11.3 Å². The van der Waals surface area contributed by atoms with Gasteiger partial charge in [0, 0.05) is 17.6 Å². The van der Waals surface area contributed by atoms with Gasteiger partial charge in [-0.2, -0.15) is 0 Å². The molecule has 20 heavy (non-hydrogen) atoms. The van der Waals surface area contributed by atoms with Gasteiger partial charge in [-0.25, -0.2) is 4.98 Å². The minimum atomic E-state index is 0.413. The topological polar surface area (TPSA) is 42.1 Å². The molecule has 2 aromatic rings. The van der Waals surface area contributed by atoms with Crippen molar-refractivity contribution in [2.24, 2.45) is 5.73 Å². The van der Waals surface area contributed by atoms with Crippen molar-refractivity contribution >= 4 is 17.2 Å². The van der Waals surface area contributed by atoms with Crippen LogP contribution in [0.1, 0.15) is 34.5 Å². The Labute approximate surface area is 124 Å². The molecule has 0 aliphatic carbocycles. The molecule has 3 nitrogen and oxygen atoms in total. The summed E-state index contributed by atoms with van der Waals surface area (Å²) in [6, 6.07) is 4.90. The average Bonchev–Trinajstić information content (AvgIpc) is 2.90. The molecule has 0 fully saturated rings. The number of thiophene rings is 1. The SMILES string of the molecule is Cc1cc(CCN)cnc1N1CCc2sccc2C1C. The summed E-state index contributed by atoms with van der Waals surface area (Å²) in [6.45, 7) is 6.16. The fraction of sp³-hybridized carbons (Fsp3) is 0.438. The predicted octanol–water partition coefficient (Wildman–Crippen LogP) is 3.08. The number of aryl methyl sites for hydroxylation is 1. The van der Waals surface area contributed by atoms with Gasteiger partial charge in [-0.3, -0.25) is 0 Å². The van der Waals surface area contributed by atoms with Crippen molar-refractivity contribution in [2.45, 2.75) is 32.7 Å². The molecule has 0 radical (unpaired) electrons. The van der Waals surface area contributed by atoms with E-state index in [0.29, 0.717) is 12.6 Å². The lowest BCUT2D eigenvalue weighted by Crippen LogP contribution is -2.34. The molecule has 3 rings (SSSR count). The van der Waals surface area contributed by atoms with Crippen molar-refractivity contribution in [3.63, 3.8) is 0 Å². The minimum Gasteiger partial charge on any atom is -0.349 e. The summed E-state index contributed by atoms with van der Waals surface area (Å²) < 4.78 is 0. The quantitative estimate of drug-likeness (QED) is 0.943. The molecule has 0 aromatic carbocycles. The monoisotopic (exact) mass is 287 g/mol. The summed E-state index contributed by atoms with van der Waals surface area (Å²) in [4.78, 5) is 8.66. The Morgan fingerprint density at radius 3 is 3.10 bits per heavy atom. The largest absolute Gasteiger partial charge is 0.349 e. The second-order valence-electron chi connectivity index (χ2n) is 5.44. The predicted molar refractivity (Wildman–Crippen MR) is 85.5 cm³/mol. The first-order valence-electron chi connectivity index (χ1n) is 7.19. The van der Waals surface area contributed by atoms with Crippen LogP contribution in [0.15, 0.2) is 23.7 Å². The highest BCUT2D eigenvalue weighted by Gasteiger charge is 2.26. The van der Waals surface area contributed by atoms with E-state index < -0.39 is 0 Å². The van der Waals surface area contributed by atoms with E-state index in [1.165, 1.54) is 21.6 Å². The summed E-state index contributed by atoms with van der Waals surface area (Å²) in [6.07, 6.45) is 4.01. The summed E-state index contributed by atoms with van der Waals surface area (Å²) >= 11 is 1.88. The van der Waals surface area contributed by atoms with Crippen LogP contribution in [0.2, 0.25) is 0 Å². The summed E-state index contributed by atoms with van der Waals surface area (Å²) in [5, 5.41) is 2.20. The molecular formula is C16H21N3S. The molecule has 4 heteroatoms. The molecule has 1 unspecified atom stereocenters. The van der Waals surface area contributed by atoms with E-state index in [0.717, 1.165) is 25.2 Å². The van der Waals surface area contributed by atoms with Crippen molar-refractivity contribution < 1.29 is 0 Å². The lowest BCUT2D eigenvalue weighted by molar-refractivity contribution is 0.623. The Bertz CT molecular complexity index is 606. The van der Waals surface area contributed by atoms with E-state index in [9.17, 15) is 0 Å². The number of pyridine rings is 1. The third kappa shape index (κ3) is 2.34. The van der Waals surface area contributed by atoms with Crippen molar-refractivity contribution in [1.29, 1.82) is 0 Å². The molecule has 106 valence electrons. The van der Waals surface area contributed by atoms with E-state index >= 15 is 0 Å². The lowest BCUT2D eigenvalue weighted by Gasteiger charge is -2.35. The van der Waals surface area contributed by atoms with E-state index in [4.69, 9.17) is 10.7 Å². The van der Waals surface area contributed by atoms with Gasteiger partial charge in [0.05, 0.1) is 6.04 Å². The second kappa shape index (κ2) is 5.54. The first-order valence-corrected chi connectivity index (χ1v) is 8.07. The van der Waals surface area contributed by atoms with Crippen LogP contribution in [0.3, 0.4) is 0 Å². The molecule has 0 saturated heterocycles. The van der Waals surface area contributed by atoms with Crippen molar-refractivity contribution in [3.8, 4) is 0 Å². The minimum absolute atomic E-state index is 0.413. The highest BCUT2D eigenvalue weighted by molar-refractivity contribution is 7.10. The van der Waals surface area contributed by atoms with E-state index in [-0.39, 0.29) is 0 Å². The van der Waals surface area contributed by atoms with Gasteiger partial charge in [0.1, 0.15) is 5.82 Å². The molecule has 0 saturated carbocycles. The Morgan fingerprint density at radius 1 is 1.50 bits per heavy atom. The number of anilines is 1. The van der Waals surface area contributed by atoms with Gasteiger partial charge in [-0.05, 0) is 61.4 Å². The molecule has 1 aliphatic heterocycles. The van der Waals surface area contributed by atoms with Crippen molar-refractivity contribution in [2.75, 3.05) is 18.0 Å². The van der Waals surface area contributed by atoms with E-state index in [2.05, 4.69) is 36.3 Å². The van der Waals surface area contributed by atoms with Gasteiger partial charge in [0.2, 0.25) is 0 Å². The fourth-order valence-corrected chi connectivity index (χ4v) is 3.99. The Hall–Kier alpha value is -1.39. The van der Waals surface area contributed by atoms with Crippen molar-refractivity contribution in [1.82, 2.24) is 4.98 Å². The first kappa shape index (κ1) is 13.6. The zero-order valence-electron chi connectivity index (χ0n) is 12.1. The van der Waals surface area contributed by atoms with E-state index in [1.807, 2.05) is 17.5 Å². The summed E-state index contributed by atoms with van der Waals surface area (Å²) in [5.41, 5.74) is 9.57. The van der Waals surface area contributed by atoms with Crippen LogP contribution in [0.4, 0.5) is 5.82 Å². The van der Waals surface area contributed by atoms with Gasteiger partial charge in [-0.1, -0.05) is 6.07 Å². The first-order chi connectivity index (χ1) is 9.70. The molecule has 2 N–H and O–H groups in total. The Morgan fingerprint density at radius 2 is 2.35 bits per heavy atom. The summed E-state index contributed by atoms with van der Waals surface area (Å²) in [7, 11) is 0. The van der Waals surface area contributed by atoms with Crippen LogP contribution < -0.4 is 10.6 Å². The van der Waals surface area contributed by atoms with Gasteiger partial charge in [-0.15, -0.1) is 11.3 Å². The second-order valence-corrected chi connectivity index (χ2v) is 6.44. The standard InChI is InChI=1S/C16H21N3S/c1-11-9-13(3-6-17)10-18-16(11)19-7-4-15-14(12(19)2)5-8-20-15/h5,8-10,12H,3-4,6-7,17H2,1-2H3. The maximum Gasteiger partial charge on any atom is 0.131 e. The Balaban J connectivity index is 1.90. The van der Waals surface area contributed by atoms with Crippen molar-refractivity contribution in [3.05, 3.63) is 45.3 Å². The number of hydrogen-bond donors (Lipinski definition) is 1. The molecule has 0 spiro atoms. The highest BCUT2D eigenvalue weighted by Crippen LogP contribution is 2.36. The molecule has 0 amide bonds. The third-order valence-electron chi connectivity index (χ3n) is 4.09. The molecule has 1 aliphatic rings. The maximum atomic E-state index is 5.62. The normalized spacial score (nSPS) is 18.1. The van der Waals surface area contributed by atoms with Crippen LogP contribution in [-0.4, -0.2) is 18.1 Å². The smallest absolute Gasteiger partial charge is 0.131 e. The molecule has 3 heterocycles. The van der Waals surface area contributed by atoms with Gasteiger partial charge in [0.25, 0.3) is 0 Å². The van der Waals surface area contributed by atoms with Gasteiger partial charge in [0.15, 0.2) is 0 Å². The lowest BCUT2D eigenvalue weighted by atomic mass is 10.0. The van der Waals surface area contributed by atoms with E-state index in [1.54, 1.807) is 0 Å². The van der Waals surface area contributed by atoms with Gasteiger partial charge >= 0.3 is 0 Å². The molecular weight excluding hydrogens is 266 g/mol. The third-order valence-corrected chi connectivity index (χ3v) is 5.09. The number of hydrogen-bond acceptors (Lipinski definition) is 4. The fourth-order valence-electron chi connectivity index (χ4n) is 3.03. The van der Waals surface area contributed by atoms with Crippen LogP contribution in [0.25, 0.3) is 0 Å². The van der Waals surface area contributed by atoms with Crippen LogP contribution in [0.5, 0.6) is 0 Å². The Kier molecular flexibility index (Phi) is 3.76. The average molecular weight is 287 g/mol. The highest BCUT2D eigenvalue weighted by atomic mass is 32.1. The van der Waals surface area contributed by atoms with Crippen LogP contribution in [-0.2, 0) is 12.8 Å². The number of nitrogens with two attached hydrogens (primary N) is 1. The zero-order chi connectivity index (χ0) is 14.1. The van der Waals surface area contributed by atoms with Gasteiger partial charge < -0.3 is 10.6 Å². The van der Waals surface area contributed by atoms with Crippen LogP contribution in [0, 0.1) is 6.92 Å². The molecule has 1 atom stereocenters. The number of fused-ring (bicyclic) bond motifs is 1.